The van der Waals surface area contributed by atoms with Crippen molar-refractivity contribution >= 4 is 0 Å². The van der Waals surface area contributed by atoms with Crippen LogP contribution >= 0.6 is 0 Å². The largest absolute Gasteiger partial charge is 0.310 e. The third-order valence-corrected chi connectivity index (χ3v) is 4.51. The van der Waals surface area contributed by atoms with Gasteiger partial charge in [0.2, 0.25) is 0 Å². The van der Waals surface area contributed by atoms with E-state index in [4.69, 9.17) is 0 Å². The Bertz CT molecular complexity index is 393. The summed E-state index contributed by atoms with van der Waals surface area (Å²) < 4.78 is 0. The van der Waals surface area contributed by atoms with Crippen LogP contribution in [0.15, 0.2) is 30.3 Å². The van der Waals surface area contributed by atoms with Crippen molar-refractivity contribution in [3.8, 4) is 0 Å². The quantitative estimate of drug-likeness (QED) is 0.793. The Morgan fingerprint density at radius 1 is 1.33 bits per heavy atom. The van der Waals surface area contributed by atoms with Crippen LogP contribution in [0, 0.1) is 5.92 Å². The van der Waals surface area contributed by atoms with Crippen LogP contribution in [0.4, 0.5) is 0 Å². The van der Waals surface area contributed by atoms with Crippen molar-refractivity contribution in [3.05, 3.63) is 35.9 Å². The fourth-order valence-corrected chi connectivity index (χ4v) is 3.38. The summed E-state index contributed by atoms with van der Waals surface area (Å²) in [6.07, 6.45) is 2.53. The van der Waals surface area contributed by atoms with Crippen LogP contribution in [0.2, 0.25) is 0 Å². The third kappa shape index (κ3) is 5.42. The van der Waals surface area contributed by atoms with Crippen molar-refractivity contribution in [2.24, 2.45) is 5.92 Å². The summed E-state index contributed by atoms with van der Waals surface area (Å²) in [7, 11) is 4.50. The number of hydrogen-bond acceptors (Lipinski definition) is 3. The Morgan fingerprint density at radius 3 is 2.71 bits per heavy atom. The van der Waals surface area contributed by atoms with E-state index in [1.165, 1.54) is 38.0 Å². The molecule has 2 atom stereocenters. The van der Waals surface area contributed by atoms with Gasteiger partial charge < -0.3 is 15.1 Å². The summed E-state index contributed by atoms with van der Waals surface area (Å²) in [5.41, 5.74) is 1.41. The van der Waals surface area contributed by atoms with Crippen LogP contribution in [-0.2, 0) is 0 Å². The van der Waals surface area contributed by atoms with Crippen molar-refractivity contribution in [1.29, 1.82) is 0 Å². The molecule has 1 heterocycles. The molecule has 0 bridgehead atoms. The van der Waals surface area contributed by atoms with E-state index in [2.05, 4.69) is 66.5 Å². The van der Waals surface area contributed by atoms with E-state index in [1.54, 1.807) is 0 Å². The molecule has 1 aliphatic heterocycles. The SMILES string of the molecule is CCNC(CCN(C)CC1CCN(C)C1)c1ccccc1. The molecule has 0 radical (unpaired) electrons. The first-order chi connectivity index (χ1) is 10.2. The Kier molecular flexibility index (Phi) is 6.68. The van der Waals surface area contributed by atoms with E-state index in [0.717, 1.165) is 19.0 Å². The molecular formula is C18H31N3. The number of benzene rings is 1. The molecule has 2 rings (SSSR count). The summed E-state index contributed by atoms with van der Waals surface area (Å²) in [4.78, 5) is 4.96. The first-order valence-electron chi connectivity index (χ1n) is 8.34. The van der Waals surface area contributed by atoms with E-state index >= 15 is 0 Å². The lowest BCUT2D eigenvalue weighted by molar-refractivity contribution is 0.260. The molecule has 1 saturated heterocycles. The van der Waals surface area contributed by atoms with E-state index in [0.29, 0.717) is 6.04 Å². The summed E-state index contributed by atoms with van der Waals surface area (Å²) in [6.45, 7) is 8.14. The van der Waals surface area contributed by atoms with Gasteiger partial charge in [-0.05, 0) is 58.1 Å². The maximum Gasteiger partial charge on any atom is 0.0332 e. The van der Waals surface area contributed by atoms with Crippen LogP contribution in [0.3, 0.4) is 0 Å². The molecule has 1 fully saturated rings. The molecule has 0 saturated carbocycles. The van der Waals surface area contributed by atoms with Gasteiger partial charge in [-0.25, -0.2) is 0 Å². The molecule has 21 heavy (non-hydrogen) atoms. The predicted octanol–water partition coefficient (Wildman–Crippen LogP) is 2.61. The van der Waals surface area contributed by atoms with Crippen molar-refractivity contribution in [2.75, 3.05) is 46.8 Å². The molecule has 3 heteroatoms. The fourth-order valence-electron chi connectivity index (χ4n) is 3.38. The van der Waals surface area contributed by atoms with Gasteiger partial charge >= 0.3 is 0 Å². The van der Waals surface area contributed by atoms with Gasteiger partial charge in [0.1, 0.15) is 0 Å². The maximum absolute atomic E-state index is 3.62. The van der Waals surface area contributed by atoms with Crippen LogP contribution in [0.25, 0.3) is 0 Å². The molecule has 3 nitrogen and oxygen atoms in total. The van der Waals surface area contributed by atoms with Crippen molar-refractivity contribution in [2.45, 2.75) is 25.8 Å². The predicted molar refractivity (Wildman–Crippen MR) is 90.6 cm³/mol. The van der Waals surface area contributed by atoms with Gasteiger partial charge in [0.25, 0.3) is 0 Å². The highest BCUT2D eigenvalue weighted by atomic mass is 15.1. The Morgan fingerprint density at radius 2 is 2.10 bits per heavy atom. The molecule has 0 spiro atoms. The Hall–Kier alpha value is -0.900. The molecule has 1 aromatic carbocycles. The summed E-state index contributed by atoms with van der Waals surface area (Å²) in [6, 6.07) is 11.3. The highest BCUT2D eigenvalue weighted by Crippen LogP contribution is 2.18. The number of hydrogen-bond donors (Lipinski definition) is 1. The molecule has 1 aliphatic rings. The Labute approximate surface area is 130 Å². The van der Waals surface area contributed by atoms with Gasteiger partial charge in [0.15, 0.2) is 0 Å². The minimum Gasteiger partial charge on any atom is -0.310 e. The molecule has 0 aromatic heterocycles. The molecule has 1 aromatic rings. The van der Waals surface area contributed by atoms with Gasteiger partial charge in [0.05, 0.1) is 0 Å². The third-order valence-electron chi connectivity index (χ3n) is 4.51. The van der Waals surface area contributed by atoms with Gasteiger partial charge in [0, 0.05) is 19.1 Å². The molecule has 0 aliphatic carbocycles. The standard InChI is InChI=1S/C18H31N3/c1-4-19-18(17-8-6-5-7-9-17)11-13-21(3)15-16-10-12-20(2)14-16/h5-9,16,18-19H,4,10-15H2,1-3H3. The fraction of sp³-hybridized carbons (Fsp3) is 0.667. The lowest BCUT2D eigenvalue weighted by Gasteiger charge is -2.24. The summed E-state index contributed by atoms with van der Waals surface area (Å²) >= 11 is 0. The van der Waals surface area contributed by atoms with E-state index in [9.17, 15) is 0 Å². The van der Waals surface area contributed by atoms with Gasteiger partial charge in [-0.15, -0.1) is 0 Å². The number of likely N-dealkylation sites (tertiary alicyclic amines) is 1. The lowest BCUT2D eigenvalue weighted by atomic mass is 10.0. The molecule has 2 unspecified atom stereocenters. The van der Waals surface area contributed by atoms with Gasteiger partial charge in [-0.2, -0.15) is 0 Å². The molecule has 0 amide bonds. The topological polar surface area (TPSA) is 18.5 Å². The molecule has 118 valence electrons. The number of nitrogens with zero attached hydrogens (tertiary/aromatic N) is 2. The highest BCUT2D eigenvalue weighted by Gasteiger charge is 2.21. The lowest BCUT2D eigenvalue weighted by Crippen LogP contribution is -2.31. The van der Waals surface area contributed by atoms with E-state index in [-0.39, 0.29) is 0 Å². The number of rotatable bonds is 8. The van der Waals surface area contributed by atoms with Crippen LogP contribution in [-0.4, -0.2) is 56.6 Å². The monoisotopic (exact) mass is 289 g/mol. The van der Waals surface area contributed by atoms with E-state index < -0.39 is 0 Å². The minimum absolute atomic E-state index is 0.477. The normalized spacial score (nSPS) is 21.0. The first-order valence-corrected chi connectivity index (χ1v) is 8.34. The smallest absolute Gasteiger partial charge is 0.0332 e. The van der Waals surface area contributed by atoms with Crippen molar-refractivity contribution < 1.29 is 0 Å². The second-order valence-corrected chi connectivity index (χ2v) is 6.49. The van der Waals surface area contributed by atoms with E-state index in [1.807, 2.05) is 0 Å². The van der Waals surface area contributed by atoms with Gasteiger partial charge in [-0.1, -0.05) is 37.3 Å². The van der Waals surface area contributed by atoms with Gasteiger partial charge in [-0.3, -0.25) is 0 Å². The van der Waals surface area contributed by atoms with Crippen LogP contribution in [0.1, 0.15) is 31.4 Å². The van der Waals surface area contributed by atoms with Crippen molar-refractivity contribution in [1.82, 2.24) is 15.1 Å². The average Bonchev–Trinajstić information content (AvgIpc) is 2.89. The first kappa shape index (κ1) is 16.5. The highest BCUT2D eigenvalue weighted by molar-refractivity contribution is 5.18. The van der Waals surface area contributed by atoms with Crippen LogP contribution < -0.4 is 5.32 Å². The average molecular weight is 289 g/mol. The maximum atomic E-state index is 3.62. The summed E-state index contributed by atoms with van der Waals surface area (Å²) in [5.74, 6) is 0.856. The second-order valence-electron chi connectivity index (χ2n) is 6.49. The second kappa shape index (κ2) is 8.52. The summed E-state index contributed by atoms with van der Waals surface area (Å²) in [5, 5.41) is 3.62. The zero-order chi connectivity index (χ0) is 15.1. The molecule has 1 N–H and O–H groups in total. The molecular weight excluding hydrogens is 258 g/mol. The minimum atomic E-state index is 0.477. The number of nitrogens with one attached hydrogen (secondary N) is 1. The van der Waals surface area contributed by atoms with Crippen molar-refractivity contribution in [3.63, 3.8) is 0 Å². The zero-order valence-corrected chi connectivity index (χ0v) is 13.9. The van der Waals surface area contributed by atoms with Crippen LogP contribution in [0.5, 0.6) is 0 Å². The Balaban J connectivity index is 1.78. The zero-order valence-electron chi connectivity index (χ0n) is 13.9.